The SMILES string of the molecule is CCN(CC)C(=O)CC(=O)NCc1ccncc1. The molecule has 0 radical (unpaired) electrons. The summed E-state index contributed by atoms with van der Waals surface area (Å²) in [6.45, 7) is 5.49. The van der Waals surface area contributed by atoms with Gasteiger partial charge in [-0.15, -0.1) is 0 Å². The minimum Gasteiger partial charge on any atom is -0.352 e. The highest BCUT2D eigenvalue weighted by Crippen LogP contribution is 1.97. The Labute approximate surface area is 107 Å². The number of hydrogen-bond acceptors (Lipinski definition) is 3. The van der Waals surface area contributed by atoms with E-state index in [4.69, 9.17) is 0 Å². The number of aromatic nitrogens is 1. The van der Waals surface area contributed by atoms with Crippen LogP contribution in [0.15, 0.2) is 24.5 Å². The zero-order valence-electron chi connectivity index (χ0n) is 10.8. The number of carbonyl (C=O) groups is 2. The van der Waals surface area contributed by atoms with Crippen LogP contribution in [0.2, 0.25) is 0 Å². The van der Waals surface area contributed by atoms with Crippen molar-refractivity contribution in [3.63, 3.8) is 0 Å². The molecule has 98 valence electrons. The second kappa shape index (κ2) is 7.42. The summed E-state index contributed by atoms with van der Waals surface area (Å²) >= 11 is 0. The van der Waals surface area contributed by atoms with Gasteiger partial charge in [-0.25, -0.2) is 0 Å². The summed E-state index contributed by atoms with van der Waals surface area (Å²) in [7, 11) is 0. The largest absolute Gasteiger partial charge is 0.352 e. The van der Waals surface area contributed by atoms with E-state index in [1.807, 2.05) is 26.0 Å². The first-order valence-electron chi connectivity index (χ1n) is 6.10. The number of nitrogens with one attached hydrogen (secondary N) is 1. The van der Waals surface area contributed by atoms with Crippen molar-refractivity contribution in [2.75, 3.05) is 13.1 Å². The maximum Gasteiger partial charge on any atom is 0.231 e. The van der Waals surface area contributed by atoms with E-state index in [1.165, 1.54) is 0 Å². The van der Waals surface area contributed by atoms with E-state index < -0.39 is 0 Å². The van der Waals surface area contributed by atoms with Crippen LogP contribution in [0.25, 0.3) is 0 Å². The van der Waals surface area contributed by atoms with Crippen molar-refractivity contribution in [2.45, 2.75) is 26.8 Å². The first-order chi connectivity index (χ1) is 8.67. The number of amides is 2. The average molecular weight is 249 g/mol. The lowest BCUT2D eigenvalue weighted by molar-refractivity contribution is -0.135. The van der Waals surface area contributed by atoms with E-state index >= 15 is 0 Å². The van der Waals surface area contributed by atoms with Crippen LogP contribution < -0.4 is 5.32 Å². The van der Waals surface area contributed by atoms with Crippen molar-refractivity contribution >= 4 is 11.8 Å². The standard InChI is InChI=1S/C13H19N3O2/c1-3-16(4-2)13(18)9-12(17)15-10-11-5-7-14-8-6-11/h5-8H,3-4,9-10H2,1-2H3,(H,15,17). The minimum atomic E-state index is -0.247. The summed E-state index contributed by atoms with van der Waals surface area (Å²) in [6.07, 6.45) is 3.25. The molecule has 0 aliphatic heterocycles. The van der Waals surface area contributed by atoms with Crippen molar-refractivity contribution in [3.8, 4) is 0 Å². The van der Waals surface area contributed by atoms with Crippen LogP contribution in [-0.2, 0) is 16.1 Å². The molecule has 2 amide bonds. The molecule has 0 atom stereocenters. The molecular formula is C13H19N3O2. The summed E-state index contributed by atoms with van der Waals surface area (Å²) < 4.78 is 0. The van der Waals surface area contributed by atoms with Crippen LogP contribution in [0, 0.1) is 0 Å². The normalized spacial score (nSPS) is 9.89. The number of nitrogens with zero attached hydrogens (tertiary/aromatic N) is 2. The summed E-state index contributed by atoms with van der Waals surface area (Å²) in [5, 5.41) is 2.72. The molecule has 5 heteroatoms. The molecule has 0 aromatic carbocycles. The van der Waals surface area contributed by atoms with Gasteiger partial charge in [0.1, 0.15) is 6.42 Å². The number of hydrogen-bond donors (Lipinski definition) is 1. The summed E-state index contributed by atoms with van der Waals surface area (Å²) in [4.78, 5) is 28.8. The molecule has 1 aromatic rings. The fourth-order valence-corrected chi connectivity index (χ4v) is 1.59. The van der Waals surface area contributed by atoms with Gasteiger partial charge >= 0.3 is 0 Å². The molecule has 0 bridgehead atoms. The molecule has 0 saturated heterocycles. The summed E-state index contributed by atoms with van der Waals surface area (Å²) in [5.74, 6) is -0.379. The smallest absolute Gasteiger partial charge is 0.231 e. The van der Waals surface area contributed by atoms with Gasteiger partial charge in [0, 0.05) is 32.0 Å². The maximum absolute atomic E-state index is 11.7. The van der Waals surface area contributed by atoms with Gasteiger partial charge in [0.2, 0.25) is 11.8 Å². The Morgan fingerprint density at radius 1 is 1.22 bits per heavy atom. The summed E-state index contributed by atoms with van der Waals surface area (Å²) in [5.41, 5.74) is 0.966. The van der Waals surface area contributed by atoms with Gasteiger partial charge in [0.05, 0.1) is 0 Å². The van der Waals surface area contributed by atoms with E-state index in [0.717, 1.165) is 5.56 Å². The van der Waals surface area contributed by atoms with Crippen molar-refractivity contribution in [1.29, 1.82) is 0 Å². The molecule has 1 aromatic heterocycles. The van der Waals surface area contributed by atoms with Gasteiger partial charge in [0.25, 0.3) is 0 Å². The van der Waals surface area contributed by atoms with Crippen LogP contribution in [0.3, 0.4) is 0 Å². The lowest BCUT2D eigenvalue weighted by Crippen LogP contribution is -2.35. The summed E-state index contributed by atoms with van der Waals surface area (Å²) in [6, 6.07) is 3.65. The maximum atomic E-state index is 11.7. The number of rotatable bonds is 6. The van der Waals surface area contributed by atoms with Gasteiger partial charge in [-0.1, -0.05) is 0 Å². The lowest BCUT2D eigenvalue weighted by Gasteiger charge is -2.18. The zero-order chi connectivity index (χ0) is 13.4. The molecule has 18 heavy (non-hydrogen) atoms. The Balaban J connectivity index is 2.36. The molecule has 0 aliphatic carbocycles. The third kappa shape index (κ3) is 4.53. The Kier molecular flexibility index (Phi) is 5.84. The highest BCUT2D eigenvalue weighted by atomic mass is 16.2. The molecule has 5 nitrogen and oxygen atoms in total. The molecule has 1 rings (SSSR count). The molecule has 0 spiro atoms. The number of carbonyl (C=O) groups excluding carboxylic acids is 2. The molecule has 0 unspecified atom stereocenters. The predicted octanol–water partition coefficient (Wildman–Crippen LogP) is 0.956. The van der Waals surface area contributed by atoms with Gasteiger partial charge in [-0.3, -0.25) is 14.6 Å². The van der Waals surface area contributed by atoms with Crippen molar-refractivity contribution < 1.29 is 9.59 Å². The predicted molar refractivity (Wildman–Crippen MR) is 68.6 cm³/mol. The van der Waals surface area contributed by atoms with Gasteiger partial charge in [0.15, 0.2) is 0 Å². The minimum absolute atomic E-state index is 0.0905. The van der Waals surface area contributed by atoms with E-state index in [0.29, 0.717) is 19.6 Å². The topological polar surface area (TPSA) is 62.3 Å². The molecule has 0 saturated carbocycles. The fourth-order valence-electron chi connectivity index (χ4n) is 1.59. The lowest BCUT2D eigenvalue weighted by atomic mass is 10.2. The van der Waals surface area contributed by atoms with E-state index in [1.54, 1.807) is 17.3 Å². The van der Waals surface area contributed by atoms with Crippen LogP contribution in [0.4, 0.5) is 0 Å². The first kappa shape index (κ1) is 14.2. The van der Waals surface area contributed by atoms with Crippen LogP contribution in [-0.4, -0.2) is 34.8 Å². The molecule has 0 fully saturated rings. The number of pyridine rings is 1. The van der Waals surface area contributed by atoms with Crippen LogP contribution in [0.1, 0.15) is 25.8 Å². The van der Waals surface area contributed by atoms with Crippen molar-refractivity contribution in [3.05, 3.63) is 30.1 Å². The molecular weight excluding hydrogens is 230 g/mol. The van der Waals surface area contributed by atoms with Gasteiger partial charge in [-0.05, 0) is 31.5 Å². The Morgan fingerprint density at radius 2 is 1.83 bits per heavy atom. The quantitative estimate of drug-likeness (QED) is 0.764. The fraction of sp³-hybridized carbons (Fsp3) is 0.462. The second-order valence-electron chi connectivity index (χ2n) is 3.87. The van der Waals surface area contributed by atoms with E-state index in [-0.39, 0.29) is 18.2 Å². The Morgan fingerprint density at radius 3 is 2.39 bits per heavy atom. The van der Waals surface area contributed by atoms with Crippen LogP contribution in [0.5, 0.6) is 0 Å². The average Bonchev–Trinajstić information content (AvgIpc) is 2.39. The Bertz CT molecular complexity index is 388. The molecule has 0 aliphatic rings. The third-order valence-electron chi connectivity index (χ3n) is 2.67. The highest BCUT2D eigenvalue weighted by Gasteiger charge is 2.13. The monoisotopic (exact) mass is 249 g/mol. The van der Waals surface area contributed by atoms with Gasteiger partial charge < -0.3 is 10.2 Å². The highest BCUT2D eigenvalue weighted by molar-refractivity contribution is 5.96. The van der Waals surface area contributed by atoms with Gasteiger partial charge in [-0.2, -0.15) is 0 Å². The van der Waals surface area contributed by atoms with E-state index in [2.05, 4.69) is 10.3 Å². The zero-order valence-corrected chi connectivity index (χ0v) is 10.8. The molecule has 1 heterocycles. The van der Waals surface area contributed by atoms with Crippen molar-refractivity contribution in [1.82, 2.24) is 15.2 Å². The Hall–Kier alpha value is -1.91. The van der Waals surface area contributed by atoms with Crippen LogP contribution >= 0.6 is 0 Å². The third-order valence-corrected chi connectivity index (χ3v) is 2.67. The molecule has 1 N–H and O–H groups in total. The first-order valence-corrected chi connectivity index (χ1v) is 6.10. The second-order valence-corrected chi connectivity index (χ2v) is 3.87. The van der Waals surface area contributed by atoms with Crippen molar-refractivity contribution in [2.24, 2.45) is 0 Å². The van der Waals surface area contributed by atoms with E-state index in [9.17, 15) is 9.59 Å².